The van der Waals surface area contributed by atoms with Gasteiger partial charge in [0.1, 0.15) is 5.69 Å². The lowest BCUT2D eigenvalue weighted by atomic mass is 10.2. The van der Waals surface area contributed by atoms with E-state index in [0.717, 1.165) is 0 Å². The van der Waals surface area contributed by atoms with Crippen LogP contribution < -0.4 is 5.32 Å². The molecule has 0 atom stereocenters. The van der Waals surface area contributed by atoms with Crippen molar-refractivity contribution in [1.82, 2.24) is 4.98 Å². The van der Waals surface area contributed by atoms with Crippen LogP contribution in [0.2, 0.25) is 5.02 Å². The third-order valence-electron chi connectivity index (χ3n) is 2.42. The summed E-state index contributed by atoms with van der Waals surface area (Å²) in [5, 5.41) is 11.9. The Morgan fingerprint density at radius 1 is 1.25 bits per heavy atom. The number of anilines is 1. The van der Waals surface area contributed by atoms with Crippen LogP contribution >= 0.6 is 27.5 Å². The van der Waals surface area contributed by atoms with E-state index in [1.807, 2.05) is 0 Å². The predicted molar refractivity (Wildman–Crippen MR) is 78.3 cm³/mol. The molecular weight excluding hydrogens is 348 g/mol. The topological polar surface area (TPSA) is 79.3 Å². The van der Waals surface area contributed by atoms with Gasteiger partial charge in [0.25, 0.3) is 5.91 Å². The molecule has 0 unspecified atom stereocenters. The molecule has 0 aliphatic carbocycles. The number of nitrogens with zero attached hydrogens (tertiary/aromatic N) is 1. The van der Waals surface area contributed by atoms with E-state index in [9.17, 15) is 9.59 Å². The first-order chi connectivity index (χ1) is 9.47. The molecule has 5 nitrogen and oxygen atoms in total. The fraction of sp³-hybridized carbons (Fsp3) is 0. The number of carbonyl (C=O) groups is 2. The highest BCUT2D eigenvalue weighted by Gasteiger charge is 2.12. The number of aromatic carboxylic acids is 1. The quantitative estimate of drug-likeness (QED) is 0.884. The number of carboxylic acids is 1. The second-order valence-corrected chi connectivity index (χ2v) is 5.10. The lowest BCUT2D eigenvalue weighted by Crippen LogP contribution is -2.14. The molecule has 0 bridgehead atoms. The normalized spacial score (nSPS) is 10.1. The molecule has 0 spiro atoms. The van der Waals surface area contributed by atoms with Gasteiger partial charge in [-0.05, 0) is 46.3 Å². The Morgan fingerprint density at radius 2 is 2.00 bits per heavy atom. The summed E-state index contributed by atoms with van der Waals surface area (Å²) in [7, 11) is 0. The zero-order chi connectivity index (χ0) is 14.7. The molecule has 2 N–H and O–H groups in total. The van der Waals surface area contributed by atoms with Crippen molar-refractivity contribution in [3.63, 3.8) is 0 Å². The largest absolute Gasteiger partial charge is 0.478 e. The highest BCUT2D eigenvalue weighted by atomic mass is 79.9. The van der Waals surface area contributed by atoms with Crippen LogP contribution in [0.5, 0.6) is 0 Å². The molecule has 1 amide bonds. The van der Waals surface area contributed by atoms with Gasteiger partial charge in [0.05, 0.1) is 11.3 Å². The molecule has 1 heterocycles. The lowest BCUT2D eigenvalue weighted by molar-refractivity contribution is 0.0696. The average molecular weight is 356 g/mol. The maximum Gasteiger partial charge on any atom is 0.335 e. The Labute approximate surface area is 127 Å². The van der Waals surface area contributed by atoms with E-state index >= 15 is 0 Å². The van der Waals surface area contributed by atoms with Crippen LogP contribution in [0.15, 0.2) is 41.0 Å². The molecule has 7 heteroatoms. The second kappa shape index (κ2) is 6.02. The number of carboxylic acid groups (broad SMARTS) is 1. The number of nitrogens with one attached hydrogen (secondary N) is 1. The molecule has 0 radical (unpaired) electrons. The standard InChI is InChI=1S/C13H8BrClN2O3/c14-9-5-7(13(19)20)1-2-10(9)17-12(18)11-6-8(15)3-4-16-11/h1-6H,(H,17,18)(H,19,20). The summed E-state index contributed by atoms with van der Waals surface area (Å²) in [5.74, 6) is -1.48. The van der Waals surface area contributed by atoms with Crippen LogP contribution in [0, 0.1) is 0 Å². The molecule has 1 aromatic heterocycles. The molecule has 0 fully saturated rings. The van der Waals surface area contributed by atoms with E-state index in [4.69, 9.17) is 16.7 Å². The molecule has 0 aliphatic rings. The number of hydrogen-bond acceptors (Lipinski definition) is 3. The van der Waals surface area contributed by atoms with E-state index in [1.165, 1.54) is 30.5 Å². The van der Waals surface area contributed by atoms with Gasteiger partial charge in [0, 0.05) is 15.7 Å². The van der Waals surface area contributed by atoms with E-state index in [0.29, 0.717) is 15.2 Å². The van der Waals surface area contributed by atoms with E-state index in [2.05, 4.69) is 26.2 Å². The Morgan fingerprint density at radius 3 is 2.60 bits per heavy atom. The molecule has 102 valence electrons. The minimum Gasteiger partial charge on any atom is -0.478 e. The van der Waals surface area contributed by atoms with Crippen molar-refractivity contribution in [3.8, 4) is 0 Å². The van der Waals surface area contributed by atoms with Gasteiger partial charge >= 0.3 is 5.97 Å². The first kappa shape index (κ1) is 14.5. The van der Waals surface area contributed by atoms with Crippen molar-refractivity contribution in [3.05, 3.63) is 57.3 Å². The fourth-order valence-electron chi connectivity index (χ4n) is 1.46. The highest BCUT2D eigenvalue weighted by Crippen LogP contribution is 2.24. The zero-order valence-electron chi connectivity index (χ0n) is 9.93. The molecular formula is C13H8BrClN2O3. The number of rotatable bonds is 3. The van der Waals surface area contributed by atoms with Gasteiger partial charge in [0.2, 0.25) is 0 Å². The monoisotopic (exact) mass is 354 g/mol. The molecule has 0 aliphatic heterocycles. The van der Waals surface area contributed by atoms with Crippen LogP contribution in [0.25, 0.3) is 0 Å². The number of halogens is 2. The number of carbonyl (C=O) groups excluding carboxylic acids is 1. The lowest BCUT2D eigenvalue weighted by Gasteiger charge is -2.07. The van der Waals surface area contributed by atoms with Crippen LogP contribution in [-0.4, -0.2) is 22.0 Å². The highest BCUT2D eigenvalue weighted by molar-refractivity contribution is 9.10. The Balaban J connectivity index is 2.22. The zero-order valence-corrected chi connectivity index (χ0v) is 12.3. The third-order valence-corrected chi connectivity index (χ3v) is 3.31. The summed E-state index contributed by atoms with van der Waals surface area (Å²) < 4.78 is 0.466. The number of benzene rings is 1. The van der Waals surface area contributed by atoms with Gasteiger partial charge in [-0.25, -0.2) is 4.79 Å². The van der Waals surface area contributed by atoms with Crippen molar-refractivity contribution in [2.75, 3.05) is 5.32 Å². The maximum atomic E-state index is 12.0. The van der Waals surface area contributed by atoms with Gasteiger partial charge in [-0.3, -0.25) is 9.78 Å². The van der Waals surface area contributed by atoms with E-state index in [-0.39, 0.29) is 11.3 Å². The van der Waals surface area contributed by atoms with Gasteiger partial charge in [0.15, 0.2) is 0 Å². The second-order valence-electron chi connectivity index (χ2n) is 3.81. The number of aromatic nitrogens is 1. The molecule has 2 aromatic rings. The Kier molecular flexibility index (Phi) is 4.36. The average Bonchev–Trinajstić information content (AvgIpc) is 2.40. The molecule has 2 rings (SSSR count). The van der Waals surface area contributed by atoms with Crippen molar-refractivity contribution >= 4 is 45.1 Å². The summed E-state index contributed by atoms with van der Waals surface area (Å²) in [6.45, 7) is 0. The van der Waals surface area contributed by atoms with Gasteiger partial charge in [-0.1, -0.05) is 11.6 Å². The van der Waals surface area contributed by atoms with Crippen molar-refractivity contribution < 1.29 is 14.7 Å². The summed E-state index contributed by atoms with van der Waals surface area (Å²) in [6, 6.07) is 7.31. The maximum absolute atomic E-state index is 12.0. The number of hydrogen-bond donors (Lipinski definition) is 2. The SMILES string of the molecule is O=C(O)c1ccc(NC(=O)c2cc(Cl)ccn2)c(Br)c1. The van der Waals surface area contributed by atoms with Gasteiger partial charge < -0.3 is 10.4 Å². The summed E-state index contributed by atoms with van der Waals surface area (Å²) in [4.78, 5) is 26.7. The first-order valence-corrected chi connectivity index (χ1v) is 6.60. The smallest absolute Gasteiger partial charge is 0.335 e. The summed E-state index contributed by atoms with van der Waals surface area (Å²) in [5.41, 5.74) is 0.740. The van der Waals surface area contributed by atoms with Crippen LogP contribution in [0.1, 0.15) is 20.8 Å². The van der Waals surface area contributed by atoms with Crippen molar-refractivity contribution in [2.24, 2.45) is 0 Å². The van der Waals surface area contributed by atoms with Crippen LogP contribution in [0.4, 0.5) is 5.69 Å². The Bertz CT molecular complexity index is 691. The minimum atomic E-state index is -1.04. The first-order valence-electron chi connectivity index (χ1n) is 5.43. The molecule has 0 saturated heterocycles. The Hall–Kier alpha value is -1.92. The number of pyridine rings is 1. The third kappa shape index (κ3) is 3.34. The van der Waals surface area contributed by atoms with Crippen molar-refractivity contribution in [2.45, 2.75) is 0 Å². The molecule has 0 saturated carbocycles. The van der Waals surface area contributed by atoms with Gasteiger partial charge in [-0.2, -0.15) is 0 Å². The number of amides is 1. The summed E-state index contributed by atoms with van der Waals surface area (Å²) >= 11 is 8.99. The van der Waals surface area contributed by atoms with Crippen molar-refractivity contribution in [1.29, 1.82) is 0 Å². The van der Waals surface area contributed by atoms with Gasteiger partial charge in [-0.15, -0.1) is 0 Å². The summed E-state index contributed by atoms with van der Waals surface area (Å²) in [6.07, 6.45) is 1.43. The van der Waals surface area contributed by atoms with E-state index in [1.54, 1.807) is 6.07 Å². The molecule has 20 heavy (non-hydrogen) atoms. The van der Waals surface area contributed by atoms with E-state index < -0.39 is 11.9 Å². The minimum absolute atomic E-state index is 0.121. The van der Waals surface area contributed by atoms with Crippen LogP contribution in [-0.2, 0) is 0 Å². The predicted octanol–water partition coefficient (Wildman–Crippen LogP) is 3.45. The molecule has 1 aromatic carbocycles. The van der Waals surface area contributed by atoms with Crippen LogP contribution in [0.3, 0.4) is 0 Å². The fourth-order valence-corrected chi connectivity index (χ4v) is 2.10.